The van der Waals surface area contributed by atoms with E-state index in [0.717, 1.165) is 10.0 Å². The fraction of sp³-hybridized carbons (Fsp3) is 0.231. The topological polar surface area (TPSA) is 26.0 Å². The van der Waals surface area contributed by atoms with Gasteiger partial charge in [-0.1, -0.05) is 22.0 Å². The Morgan fingerprint density at radius 3 is 2.76 bits per heavy atom. The monoisotopic (exact) mass is 313 g/mol. The fourth-order valence-electron chi connectivity index (χ4n) is 1.78. The smallest absolute Gasteiger partial charge is 0.124 e. The molecule has 0 aliphatic carbocycles. The maximum atomic E-state index is 13.0. The van der Waals surface area contributed by atoms with Crippen LogP contribution in [-0.4, -0.2) is 0 Å². The van der Waals surface area contributed by atoms with Gasteiger partial charge in [-0.2, -0.15) is 0 Å². The average Bonchev–Trinajstić information content (AvgIpc) is 2.68. The van der Waals surface area contributed by atoms with Gasteiger partial charge in [0.2, 0.25) is 0 Å². The summed E-state index contributed by atoms with van der Waals surface area (Å²) in [6.07, 6.45) is 0.711. The minimum absolute atomic E-state index is 0.0308. The van der Waals surface area contributed by atoms with Gasteiger partial charge < -0.3 is 5.73 Å². The highest BCUT2D eigenvalue weighted by molar-refractivity contribution is 9.10. The minimum atomic E-state index is -0.235. The summed E-state index contributed by atoms with van der Waals surface area (Å²) in [6.45, 7) is 2.06. The highest BCUT2D eigenvalue weighted by atomic mass is 79.9. The zero-order valence-electron chi connectivity index (χ0n) is 9.41. The van der Waals surface area contributed by atoms with Crippen LogP contribution in [-0.2, 0) is 6.42 Å². The van der Waals surface area contributed by atoms with Crippen LogP contribution < -0.4 is 5.73 Å². The molecule has 1 aromatic heterocycles. The van der Waals surface area contributed by atoms with Crippen molar-refractivity contribution < 1.29 is 4.39 Å². The molecular weight excluding hydrogens is 301 g/mol. The maximum Gasteiger partial charge on any atom is 0.124 e. The normalized spacial score (nSPS) is 12.7. The molecule has 0 amide bonds. The summed E-state index contributed by atoms with van der Waals surface area (Å²) in [5.41, 5.74) is 8.43. The van der Waals surface area contributed by atoms with E-state index in [4.69, 9.17) is 5.73 Å². The van der Waals surface area contributed by atoms with Crippen molar-refractivity contribution in [1.29, 1.82) is 0 Å². The second-order valence-electron chi connectivity index (χ2n) is 4.01. The second-order valence-corrected chi connectivity index (χ2v) is 5.82. The van der Waals surface area contributed by atoms with Crippen molar-refractivity contribution in [1.82, 2.24) is 0 Å². The van der Waals surface area contributed by atoms with Crippen molar-refractivity contribution in [3.63, 3.8) is 0 Å². The lowest BCUT2D eigenvalue weighted by Crippen LogP contribution is -2.13. The third-order valence-electron chi connectivity index (χ3n) is 2.69. The first kappa shape index (κ1) is 12.7. The number of halogens is 2. The van der Waals surface area contributed by atoms with E-state index >= 15 is 0 Å². The van der Waals surface area contributed by atoms with Crippen molar-refractivity contribution in [2.24, 2.45) is 5.73 Å². The number of aryl methyl sites for hydroxylation is 1. The minimum Gasteiger partial charge on any atom is -0.323 e. The summed E-state index contributed by atoms with van der Waals surface area (Å²) in [5.74, 6) is -0.235. The Hall–Kier alpha value is -0.710. The lowest BCUT2D eigenvalue weighted by molar-refractivity contribution is 0.624. The second kappa shape index (κ2) is 5.29. The van der Waals surface area contributed by atoms with Crippen LogP contribution in [0.15, 0.2) is 34.1 Å². The van der Waals surface area contributed by atoms with Crippen LogP contribution >= 0.6 is 27.3 Å². The molecule has 2 N–H and O–H groups in total. The molecule has 1 unspecified atom stereocenters. The van der Waals surface area contributed by atoms with Gasteiger partial charge in [-0.25, -0.2) is 4.39 Å². The molecule has 1 atom stereocenters. The summed E-state index contributed by atoms with van der Waals surface area (Å²) in [6, 6.07) is 6.76. The predicted octanol–water partition coefficient (Wildman–Crippen LogP) is 4.20. The molecule has 2 rings (SSSR count). The highest BCUT2D eigenvalue weighted by Crippen LogP contribution is 2.27. The number of nitrogens with two attached hydrogens (primary N) is 1. The van der Waals surface area contributed by atoms with Crippen LogP contribution in [0.25, 0.3) is 0 Å². The molecule has 1 aromatic carbocycles. The van der Waals surface area contributed by atoms with E-state index in [1.54, 1.807) is 17.4 Å². The third kappa shape index (κ3) is 2.94. The Morgan fingerprint density at radius 1 is 1.41 bits per heavy atom. The largest absolute Gasteiger partial charge is 0.323 e. The average molecular weight is 314 g/mol. The van der Waals surface area contributed by atoms with Crippen LogP contribution in [0.2, 0.25) is 0 Å². The summed E-state index contributed by atoms with van der Waals surface area (Å²) < 4.78 is 13.7. The molecule has 4 heteroatoms. The molecule has 0 saturated heterocycles. The van der Waals surface area contributed by atoms with Crippen molar-refractivity contribution in [3.05, 3.63) is 55.9 Å². The van der Waals surface area contributed by atoms with E-state index in [9.17, 15) is 4.39 Å². The molecule has 0 spiro atoms. The van der Waals surface area contributed by atoms with Gasteiger partial charge in [-0.15, -0.1) is 11.3 Å². The van der Waals surface area contributed by atoms with Crippen LogP contribution in [0, 0.1) is 12.7 Å². The molecule has 0 aliphatic heterocycles. The molecule has 0 saturated carbocycles. The zero-order valence-corrected chi connectivity index (χ0v) is 11.8. The first-order valence-corrected chi connectivity index (χ1v) is 6.98. The number of benzene rings is 1. The standard InChI is InChI=1S/C13H13BrFNS/c1-8-4-5-17-13(8)12(16)6-9-2-3-10(15)7-11(9)14/h2-5,7,12H,6,16H2,1H3. The first-order valence-electron chi connectivity index (χ1n) is 5.31. The van der Waals surface area contributed by atoms with Gasteiger partial charge in [0.15, 0.2) is 0 Å². The molecular formula is C13H13BrFNS. The lowest BCUT2D eigenvalue weighted by Gasteiger charge is -2.12. The Bertz CT molecular complexity index is 524. The van der Waals surface area contributed by atoms with Crippen molar-refractivity contribution in [2.45, 2.75) is 19.4 Å². The van der Waals surface area contributed by atoms with Crippen molar-refractivity contribution >= 4 is 27.3 Å². The Balaban J connectivity index is 2.19. The van der Waals surface area contributed by atoms with E-state index in [-0.39, 0.29) is 11.9 Å². The first-order chi connectivity index (χ1) is 8.08. The predicted molar refractivity (Wildman–Crippen MR) is 73.8 cm³/mol. The van der Waals surface area contributed by atoms with Gasteiger partial charge in [0.1, 0.15) is 5.82 Å². The van der Waals surface area contributed by atoms with E-state index < -0.39 is 0 Å². The van der Waals surface area contributed by atoms with Crippen LogP contribution in [0.1, 0.15) is 22.0 Å². The van der Waals surface area contributed by atoms with Gasteiger partial charge in [0.25, 0.3) is 0 Å². The van der Waals surface area contributed by atoms with E-state index in [2.05, 4.69) is 28.9 Å². The zero-order chi connectivity index (χ0) is 12.4. The molecule has 0 radical (unpaired) electrons. The lowest BCUT2D eigenvalue weighted by atomic mass is 10.0. The molecule has 2 aromatic rings. The maximum absolute atomic E-state index is 13.0. The van der Waals surface area contributed by atoms with Crippen LogP contribution in [0.3, 0.4) is 0 Å². The summed E-state index contributed by atoms with van der Waals surface area (Å²) >= 11 is 5.04. The van der Waals surface area contributed by atoms with Crippen molar-refractivity contribution in [2.75, 3.05) is 0 Å². The van der Waals surface area contributed by atoms with Crippen LogP contribution in [0.4, 0.5) is 4.39 Å². The molecule has 0 fully saturated rings. The Morgan fingerprint density at radius 2 is 2.18 bits per heavy atom. The summed E-state index contributed by atoms with van der Waals surface area (Å²) in [4.78, 5) is 1.20. The van der Waals surface area contributed by atoms with Crippen LogP contribution in [0.5, 0.6) is 0 Å². The fourth-order valence-corrected chi connectivity index (χ4v) is 3.22. The number of hydrogen-bond acceptors (Lipinski definition) is 2. The molecule has 0 bridgehead atoms. The summed E-state index contributed by atoms with van der Waals surface area (Å²) in [7, 11) is 0. The quantitative estimate of drug-likeness (QED) is 0.903. The molecule has 0 aliphatic rings. The van der Waals surface area contributed by atoms with E-state index in [1.807, 2.05) is 5.38 Å². The SMILES string of the molecule is Cc1ccsc1C(N)Cc1ccc(F)cc1Br. The molecule has 90 valence electrons. The molecule has 17 heavy (non-hydrogen) atoms. The Kier molecular flexibility index (Phi) is 3.97. The Labute approximate surface area is 113 Å². The van der Waals surface area contributed by atoms with Gasteiger partial charge in [-0.05, 0) is 48.1 Å². The molecule has 1 heterocycles. The highest BCUT2D eigenvalue weighted by Gasteiger charge is 2.13. The van der Waals surface area contributed by atoms with E-state index in [1.165, 1.54) is 22.6 Å². The third-order valence-corrected chi connectivity index (χ3v) is 4.58. The number of thiophene rings is 1. The van der Waals surface area contributed by atoms with Gasteiger partial charge in [0, 0.05) is 15.4 Å². The molecule has 1 nitrogen and oxygen atoms in total. The van der Waals surface area contributed by atoms with E-state index in [0.29, 0.717) is 6.42 Å². The number of rotatable bonds is 3. The van der Waals surface area contributed by atoms with Gasteiger partial charge in [0.05, 0.1) is 0 Å². The number of hydrogen-bond donors (Lipinski definition) is 1. The van der Waals surface area contributed by atoms with Crippen molar-refractivity contribution in [3.8, 4) is 0 Å². The van der Waals surface area contributed by atoms with Gasteiger partial charge in [-0.3, -0.25) is 0 Å². The van der Waals surface area contributed by atoms with Gasteiger partial charge >= 0.3 is 0 Å². The summed E-state index contributed by atoms with van der Waals surface area (Å²) in [5, 5.41) is 2.05.